The monoisotopic (exact) mass is 399 g/mol. The summed E-state index contributed by atoms with van der Waals surface area (Å²) in [5.41, 5.74) is 2.99. The first-order valence-corrected chi connectivity index (χ1v) is 11.6. The number of hydrogen-bond acceptors (Lipinski definition) is 4. The van der Waals surface area contributed by atoms with Gasteiger partial charge in [-0.1, -0.05) is 43.5 Å². The molecule has 1 saturated heterocycles. The van der Waals surface area contributed by atoms with Crippen LogP contribution >= 0.6 is 0 Å². The number of nitrogens with one attached hydrogen (secondary N) is 1. The third-order valence-electron chi connectivity index (χ3n) is 7.34. The summed E-state index contributed by atoms with van der Waals surface area (Å²) in [5, 5.41) is 3.32. The van der Waals surface area contributed by atoms with E-state index in [1.165, 1.54) is 49.7 Å². The number of rotatable bonds is 6. The SMILES string of the molecule is CN(CC(=O)NCC1(N2CCOCC2)CCCCC1)C1CCCc2ccccc21. The molecule has 5 nitrogen and oxygen atoms in total. The summed E-state index contributed by atoms with van der Waals surface area (Å²) in [7, 11) is 2.10. The summed E-state index contributed by atoms with van der Waals surface area (Å²) in [6.45, 7) is 4.88. The fourth-order valence-electron chi connectivity index (χ4n) is 5.69. The Bertz CT molecular complexity index is 680. The summed E-state index contributed by atoms with van der Waals surface area (Å²) < 4.78 is 5.57. The molecule has 29 heavy (non-hydrogen) atoms. The Hall–Kier alpha value is -1.43. The van der Waals surface area contributed by atoms with Gasteiger partial charge in [0.15, 0.2) is 0 Å². The third kappa shape index (κ3) is 4.84. The maximum atomic E-state index is 12.9. The molecule has 1 atom stereocenters. The van der Waals surface area contributed by atoms with Crippen LogP contribution in [0.15, 0.2) is 24.3 Å². The summed E-state index contributed by atoms with van der Waals surface area (Å²) in [4.78, 5) is 17.7. The Morgan fingerprint density at radius 1 is 1.17 bits per heavy atom. The highest BCUT2D eigenvalue weighted by molar-refractivity contribution is 5.78. The first kappa shape index (κ1) is 20.8. The lowest BCUT2D eigenvalue weighted by Crippen LogP contribution is -2.60. The molecular formula is C24H37N3O2. The minimum Gasteiger partial charge on any atom is -0.379 e. The molecule has 1 unspecified atom stereocenters. The molecular weight excluding hydrogens is 362 g/mol. The number of carbonyl (C=O) groups excluding carboxylic acids is 1. The van der Waals surface area contributed by atoms with Crippen molar-refractivity contribution < 1.29 is 9.53 Å². The topological polar surface area (TPSA) is 44.8 Å². The zero-order valence-electron chi connectivity index (χ0n) is 18.0. The second kappa shape index (κ2) is 9.59. The second-order valence-corrected chi connectivity index (χ2v) is 9.18. The van der Waals surface area contributed by atoms with Crippen molar-refractivity contribution in [2.75, 3.05) is 46.4 Å². The van der Waals surface area contributed by atoms with Gasteiger partial charge in [-0.05, 0) is 50.3 Å². The van der Waals surface area contributed by atoms with Crippen LogP contribution in [0.4, 0.5) is 0 Å². The fourth-order valence-corrected chi connectivity index (χ4v) is 5.69. The highest BCUT2D eigenvalue weighted by Gasteiger charge is 2.39. The van der Waals surface area contributed by atoms with Crippen molar-refractivity contribution in [2.24, 2.45) is 0 Å². The third-order valence-corrected chi connectivity index (χ3v) is 7.34. The average Bonchev–Trinajstić information content (AvgIpc) is 2.78. The molecule has 1 aromatic rings. The van der Waals surface area contributed by atoms with Crippen LogP contribution in [0.3, 0.4) is 0 Å². The van der Waals surface area contributed by atoms with Crippen molar-refractivity contribution in [1.29, 1.82) is 0 Å². The van der Waals surface area contributed by atoms with Crippen molar-refractivity contribution in [3.05, 3.63) is 35.4 Å². The van der Waals surface area contributed by atoms with Crippen molar-refractivity contribution in [3.8, 4) is 0 Å². The highest BCUT2D eigenvalue weighted by atomic mass is 16.5. The average molecular weight is 400 g/mol. The molecule has 2 fully saturated rings. The van der Waals surface area contributed by atoms with Crippen LogP contribution in [-0.4, -0.2) is 67.7 Å². The van der Waals surface area contributed by atoms with Crippen LogP contribution in [0.5, 0.6) is 0 Å². The van der Waals surface area contributed by atoms with Crippen LogP contribution < -0.4 is 5.32 Å². The molecule has 0 radical (unpaired) electrons. The summed E-state index contributed by atoms with van der Waals surface area (Å²) in [6.07, 6.45) is 9.75. The quantitative estimate of drug-likeness (QED) is 0.798. The number of amides is 1. The van der Waals surface area contributed by atoms with E-state index < -0.39 is 0 Å². The molecule has 1 aromatic carbocycles. The van der Waals surface area contributed by atoms with Crippen LogP contribution in [0.25, 0.3) is 0 Å². The van der Waals surface area contributed by atoms with Crippen LogP contribution in [0.2, 0.25) is 0 Å². The van der Waals surface area contributed by atoms with E-state index in [-0.39, 0.29) is 11.4 Å². The number of hydrogen-bond donors (Lipinski definition) is 1. The van der Waals surface area contributed by atoms with Gasteiger partial charge in [-0.15, -0.1) is 0 Å². The summed E-state index contributed by atoms with van der Waals surface area (Å²) in [5.74, 6) is 0.161. The van der Waals surface area contributed by atoms with Gasteiger partial charge in [-0.25, -0.2) is 0 Å². The lowest BCUT2D eigenvalue weighted by Gasteiger charge is -2.48. The molecule has 0 spiro atoms. The van der Waals surface area contributed by atoms with Gasteiger partial charge in [0.05, 0.1) is 19.8 Å². The predicted molar refractivity (Wildman–Crippen MR) is 116 cm³/mol. The zero-order chi connectivity index (χ0) is 20.1. The fraction of sp³-hybridized carbons (Fsp3) is 0.708. The standard InChI is InChI=1S/C24H37N3O2/c1-26(22-11-7-9-20-8-3-4-10-21(20)22)18-23(28)25-19-24(12-5-2-6-13-24)27-14-16-29-17-15-27/h3-4,8,10,22H,2,5-7,9,11-19H2,1H3,(H,25,28). The second-order valence-electron chi connectivity index (χ2n) is 9.18. The van der Waals surface area contributed by atoms with Gasteiger partial charge in [-0.2, -0.15) is 0 Å². The zero-order valence-corrected chi connectivity index (χ0v) is 18.0. The highest BCUT2D eigenvalue weighted by Crippen LogP contribution is 2.35. The van der Waals surface area contributed by atoms with E-state index in [0.29, 0.717) is 12.6 Å². The number of aryl methyl sites for hydroxylation is 1. The van der Waals surface area contributed by atoms with E-state index in [2.05, 4.69) is 46.4 Å². The van der Waals surface area contributed by atoms with Crippen LogP contribution in [0.1, 0.15) is 62.1 Å². The molecule has 1 heterocycles. The molecule has 0 aromatic heterocycles. The number of morpholine rings is 1. The van der Waals surface area contributed by atoms with Gasteiger partial charge in [0, 0.05) is 31.2 Å². The normalized spacial score (nSPS) is 24.8. The van der Waals surface area contributed by atoms with E-state index in [9.17, 15) is 4.79 Å². The van der Waals surface area contributed by atoms with Gasteiger partial charge < -0.3 is 10.1 Å². The summed E-state index contributed by atoms with van der Waals surface area (Å²) >= 11 is 0. The van der Waals surface area contributed by atoms with Crippen molar-refractivity contribution in [1.82, 2.24) is 15.1 Å². The Morgan fingerprint density at radius 3 is 2.72 bits per heavy atom. The van der Waals surface area contributed by atoms with E-state index in [0.717, 1.165) is 45.7 Å². The molecule has 0 bridgehead atoms. The van der Waals surface area contributed by atoms with Gasteiger partial charge in [0.1, 0.15) is 0 Å². The first-order valence-electron chi connectivity index (χ1n) is 11.6. The number of ether oxygens (including phenoxy) is 1. The number of nitrogens with zero attached hydrogens (tertiary/aromatic N) is 2. The number of likely N-dealkylation sites (N-methyl/N-ethyl adjacent to an activating group) is 1. The molecule has 4 rings (SSSR count). The molecule has 2 aliphatic carbocycles. The van der Waals surface area contributed by atoms with Gasteiger partial charge in [-0.3, -0.25) is 14.6 Å². The molecule has 5 heteroatoms. The first-order chi connectivity index (χ1) is 14.2. The van der Waals surface area contributed by atoms with E-state index in [4.69, 9.17) is 4.74 Å². The predicted octanol–water partition coefficient (Wildman–Crippen LogP) is 3.15. The lowest BCUT2D eigenvalue weighted by molar-refractivity contribution is -0.123. The van der Waals surface area contributed by atoms with Crippen LogP contribution in [-0.2, 0) is 16.0 Å². The number of fused-ring (bicyclic) bond motifs is 1. The van der Waals surface area contributed by atoms with Crippen molar-refractivity contribution in [3.63, 3.8) is 0 Å². The number of benzene rings is 1. The van der Waals surface area contributed by atoms with Crippen molar-refractivity contribution >= 4 is 5.91 Å². The van der Waals surface area contributed by atoms with E-state index in [1.807, 2.05) is 0 Å². The molecule has 1 amide bonds. The Kier molecular flexibility index (Phi) is 6.88. The molecule has 3 aliphatic rings. The van der Waals surface area contributed by atoms with E-state index in [1.54, 1.807) is 0 Å². The van der Waals surface area contributed by atoms with Crippen molar-refractivity contribution in [2.45, 2.75) is 62.9 Å². The smallest absolute Gasteiger partial charge is 0.234 e. The minimum absolute atomic E-state index is 0.133. The lowest BCUT2D eigenvalue weighted by atomic mass is 9.79. The van der Waals surface area contributed by atoms with E-state index >= 15 is 0 Å². The molecule has 1 N–H and O–H groups in total. The van der Waals surface area contributed by atoms with Gasteiger partial charge >= 0.3 is 0 Å². The largest absolute Gasteiger partial charge is 0.379 e. The molecule has 160 valence electrons. The van der Waals surface area contributed by atoms with Crippen LogP contribution in [0, 0.1) is 0 Å². The maximum absolute atomic E-state index is 12.9. The Labute approximate surface area is 175 Å². The molecule has 1 aliphatic heterocycles. The summed E-state index contributed by atoms with van der Waals surface area (Å²) in [6, 6.07) is 9.09. The minimum atomic E-state index is 0.133. The van der Waals surface area contributed by atoms with Gasteiger partial charge in [0.2, 0.25) is 5.91 Å². The Balaban J connectivity index is 1.35. The number of carbonyl (C=O) groups is 1. The van der Waals surface area contributed by atoms with Gasteiger partial charge in [0.25, 0.3) is 0 Å². The molecule has 1 saturated carbocycles. The maximum Gasteiger partial charge on any atom is 0.234 e. The Morgan fingerprint density at radius 2 is 1.93 bits per heavy atom.